The molecule has 0 radical (unpaired) electrons. The van der Waals surface area contributed by atoms with E-state index in [4.69, 9.17) is 0 Å². The fourth-order valence-electron chi connectivity index (χ4n) is 3.21. The maximum Gasteiger partial charge on any atom is 0.224 e. The van der Waals surface area contributed by atoms with E-state index < -0.39 is 9.84 Å². The van der Waals surface area contributed by atoms with E-state index in [2.05, 4.69) is 29.8 Å². The maximum atomic E-state index is 12.3. The molecule has 1 saturated heterocycles. The summed E-state index contributed by atoms with van der Waals surface area (Å²) in [6.45, 7) is 4.22. The molecule has 0 aliphatic carbocycles. The molecule has 1 aliphatic rings. The third-order valence-electron chi connectivity index (χ3n) is 4.33. The molecular formula is C17H22N2O3S. The third-order valence-corrected chi connectivity index (χ3v) is 6.10. The molecule has 1 aromatic heterocycles. The van der Waals surface area contributed by atoms with Gasteiger partial charge in [0.2, 0.25) is 5.91 Å². The molecule has 2 aromatic rings. The monoisotopic (exact) mass is 334 g/mol. The normalized spacial score (nSPS) is 20.2. The lowest BCUT2D eigenvalue weighted by Crippen LogP contribution is -2.36. The molecule has 0 bridgehead atoms. The van der Waals surface area contributed by atoms with Crippen LogP contribution in [-0.2, 0) is 21.1 Å². The SMILES string of the molecule is CC(C)n1cc(CC(=O)N[C@H]2CCS(=O)(=O)C2)c2ccccc21. The molecule has 0 unspecified atom stereocenters. The highest BCUT2D eigenvalue weighted by Gasteiger charge is 2.29. The third kappa shape index (κ3) is 3.42. The maximum absolute atomic E-state index is 12.3. The van der Waals surface area contributed by atoms with Crippen LogP contribution in [0.25, 0.3) is 10.9 Å². The number of rotatable bonds is 4. The van der Waals surface area contributed by atoms with Crippen LogP contribution in [0.15, 0.2) is 30.5 Å². The number of carbonyl (C=O) groups is 1. The second-order valence-electron chi connectivity index (χ2n) is 6.52. The van der Waals surface area contributed by atoms with Crippen LogP contribution in [0.2, 0.25) is 0 Å². The van der Waals surface area contributed by atoms with Crippen LogP contribution < -0.4 is 5.32 Å². The number of hydrogen-bond acceptors (Lipinski definition) is 3. The van der Waals surface area contributed by atoms with Crippen LogP contribution >= 0.6 is 0 Å². The van der Waals surface area contributed by atoms with Crippen LogP contribution in [0.1, 0.15) is 31.9 Å². The molecule has 1 fully saturated rings. The standard InChI is InChI=1S/C17H22N2O3S/c1-12(2)19-10-13(15-5-3-4-6-16(15)19)9-17(20)18-14-7-8-23(21,22)11-14/h3-6,10,12,14H,7-9,11H2,1-2H3,(H,18,20)/t14-/m0/s1. The molecule has 23 heavy (non-hydrogen) atoms. The predicted molar refractivity (Wildman–Crippen MR) is 91.2 cm³/mol. The van der Waals surface area contributed by atoms with Gasteiger partial charge in [0.1, 0.15) is 0 Å². The number of benzene rings is 1. The Bertz CT molecular complexity index is 837. The first-order valence-electron chi connectivity index (χ1n) is 7.94. The lowest BCUT2D eigenvalue weighted by molar-refractivity contribution is -0.120. The minimum atomic E-state index is -2.97. The van der Waals surface area contributed by atoms with Gasteiger partial charge >= 0.3 is 0 Å². The average molecular weight is 334 g/mol. The lowest BCUT2D eigenvalue weighted by Gasteiger charge is -2.10. The number of nitrogens with zero attached hydrogens (tertiary/aromatic N) is 1. The first-order chi connectivity index (χ1) is 10.9. The van der Waals surface area contributed by atoms with Gasteiger partial charge in [-0.3, -0.25) is 4.79 Å². The summed E-state index contributed by atoms with van der Waals surface area (Å²) in [5, 5.41) is 3.94. The van der Waals surface area contributed by atoms with Gasteiger partial charge in [-0.1, -0.05) is 18.2 Å². The van der Waals surface area contributed by atoms with Crippen molar-refractivity contribution in [3.8, 4) is 0 Å². The number of hydrogen-bond donors (Lipinski definition) is 1. The van der Waals surface area contributed by atoms with Crippen molar-refractivity contribution in [3.63, 3.8) is 0 Å². The topological polar surface area (TPSA) is 68.2 Å². The van der Waals surface area contributed by atoms with Gasteiger partial charge in [0.25, 0.3) is 0 Å². The first-order valence-corrected chi connectivity index (χ1v) is 9.76. The average Bonchev–Trinajstić information content (AvgIpc) is 3.00. The number of aromatic nitrogens is 1. The molecule has 1 N–H and O–H groups in total. The van der Waals surface area contributed by atoms with Gasteiger partial charge < -0.3 is 9.88 Å². The largest absolute Gasteiger partial charge is 0.352 e. The van der Waals surface area contributed by atoms with Crippen LogP contribution in [0.3, 0.4) is 0 Å². The number of carbonyl (C=O) groups excluding carboxylic acids is 1. The zero-order valence-corrected chi connectivity index (χ0v) is 14.3. The van der Waals surface area contributed by atoms with Crippen molar-refractivity contribution in [1.82, 2.24) is 9.88 Å². The van der Waals surface area contributed by atoms with E-state index in [0.717, 1.165) is 16.5 Å². The molecule has 5 nitrogen and oxygen atoms in total. The molecule has 6 heteroatoms. The molecule has 0 spiro atoms. The molecule has 1 atom stereocenters. The van der Waals surface area contributed by atoms with E-state index in [1.807, 2.05) is 24.4 Å². The van der Waals surface area contributed by atoms with Crippen LogP contribution in [0.4, 0.5) is 0 Å². The highest BCUT2D eigenvalue weighted by Crippen LogP contribution is 2.25. The summed E-state index contributed by atoms with van der Waals surface area (Å²) in [5.41, 5.74) is 2.10. The second-order valence-corrected chi connectivity index (χ2v) is 8.75. The van der Waals surface area contributed by atoms with Crippen molar-refractivity contribution in [2.75, 3.05) is 11.5 Å². The van der Waals surface area contributed by atoms with Gasteiger partial charge in [-0.15, -0.1) is 0 Å². The molecule has 0 saturated carbocycles. The summed E-state index contributed by atoms with van der Waals surface area (Å²) in [5.74, 6) is 0.121. The van der Waals surface area contributed by atoms with E-state index in [-0.39, 0.29) is 29.9 Å². The van der Waals surface area contributed by atoms with Gasteiger partial charge in [-0.2, -0.15) is 0 Å². The van der Waals surface area contributed by atoms with Crippen molar-refractivity contribution in [3.05, 3.63) is 36.0 Å². The van der Waals surface area contributed by atoms with E-state index >= 15 is 0 Å². The van der Waals surface area contributed by atoms with Crippen molar-refractivity contribution >= 4 is 26.6 Å². The van der Waals surface area contributed by atoms with E-state index in [0.29, 0.717) is 12.5 Å². The first kappa shape index (κ1) is 16.1. The Balaban J connectivity index is 1.78. The Morgan fingerprint density at radius 3 is 2.74 bits per heavy atom. The van der Waals surface area contributed by atoms with Crippen LogP contribution in [0.5, 0.6) is 0 Å². The Morgan fingerprint density at radius 1 is 1.35 bits per heavy atom. The fraction of sp³-hybridized carbons (Fsp3) is 0.471. The Hall–Kier alpha value is -1.82. The Morgan fingerprint density at radius 2 is 2.09 bits per heavy atom. The highest BCUT2D eigenvalue weighted by atomic mass is 32.2. The Labute approximate surface area is 136 Å². The van der Waals surface area contributed by atoms with Crippen molar-refractivity contribution in [1.29, 1.82) is 0 Å². The van der Waals surface area contributed by atoms with Crippen LogP contribution in [-0.4, -0.2) is 36.4 Å². The van der Waals surface area contributed by atoms with Crippen molar-refractivity contribution in [2.45, 2.75) is 38.8 Å². The molecule has 1 amide bonds. The zero-order chi connectivity index (χ0) is 16.6. The molecule has 3 rings (SSSR count). The number of fused-ring (bicyclic) bond motifs is 1. The highest BCUT2D eigenvalue weighted by molar-refractivity contribution is 7.91. The summed E-state index contributed by atoms with van der Waals surface area (Å²) in [6, 6.07) is 8.12. The van der Waals surface area contributed by atoms with E-state index in [1.165, 1.54) is 0 Å². The molecule has 1 aliphatic heterocycles. The lowest BCUT2D eigenvalue weighted by atomic mass is 10.1. The second kappa shape index (κ2) is 6.00. The molecule has 2 heterocycles. The summed E-state index contributed by atoms with van der Waals surface area (Å²) in [7, 11) is -2.97. The van der Waals surface area contributed by atoms with E-state index in [1.54, 1.807) is 0 Å². The van der Waals surface area contributed by atoms with Gasteiger partial charge in [0, 0.05) is 29.2 Å². The summed E-state index contributed by atoms with van der Waals surface area (Å²) < 4.78 is 25.1. The number of para-hydroxylation sites is 1. The minimum Gasteiger partial charge on any atom is -0.352 e. The summed E-state index contributed by atoms with van der Waals surface area (Å²) >= 11 is 0. The minimum absolute atomic E-state index is 0.0620. The predicted octanol–water partition coefficient (Wildman–Crippen LogP) is 2.07. The zero-order valence-electron chi connectivity index (χ0n) is 13.5. The number of amides is 1. The van der Waals surface area contributed by atoms with Crippen molar-refractivity contribution in [2.24, 2.45) is 0 Å². The fourth-order valence-corrected chi connectivity index (χ4v) is 4.88. The summed E-state index contributed by atoms with van der Waals surface area (Å²) in [4.78, 5) is 12.3. The Kier molecular flexibility index (Phi) is 4.19. The van der Waals surface area contributed by atoms with Crippen LogP contribution in [0, 0.1) is 0 Å². The van der Waals surface area contributed by atoms with Gasteiger partial charge in [-0.25, -0.2) is 8.42 Å². The smallest absolute Gasteiger partial charge is 0.224 e. The molecular weight excluding hydrogens is 312 g/mol. The summed E-state index contributed by atoms with van der Waals surface area (Å²) in [6.07, 6.45) is 2.82. The molecule has 124 valence electrons. The van der Waals surface area contributed by atoms with Gasteiger partial charge in [-0.05, 0) is 31.9 Å². The van der Waals surface area contributed by atoms with Gasteiger partial charge in [0.15, 0.2) is 9.84 Å². The quantitative estimate of drug-likeness (QED) is 0.931. The number of sulfone groups is 1. The van der Waals surface area contributed by atoms with Gasteiger partial charge in [0.05, 0.1) is 17.9 Å². The number of nitrogens with one attached hydrogen (secondary N) is 1. The van der Waals surface area contributed by atoms with E-state index in [9.17, 15) is 13.2 Å². The van der Waals surface area contributed by atoms with Crippen molar-refractivity contribution < 1.29 is 13.2 Å². The molecule has 1 aromatic carbocycles.